The smallest absolute Gasteiger partial charge is 0.416 e. The minimum Gasteiger partial charge on any atom is -0.494 e. The molecule has 0 fully saturated rings. The second kappa shape index (κ2) is 6.03. The quantitative estimate of drug-likeness (QED) is 0.841. The number of methoxy groups -OCH3 is 1. The Morgan fingerprint density at radius 2 is 1.81 bits per heavy atom. The van der Waals surface area contributed by atoms with Gasteiger partial charge in [0.25, 0.3) is 0 Å². The van der Waals surface area contributed by atoms with Gasteiger partial charge in [0.15, 0.2) is 11.6 Å². The van der Waals surface area contributed by atoms with E-state index in [0.29, 0.717) is 5.56 Å². The van der Waals surface area contributed by atoms with Gasteiger partial charge in [0.2, 0.25) is 0 Å². The van der Waals surface area contributed by atoms with Gasteiger partial charge in [-0.05, 0) is 24.3 Å². The lowest BCUT2D eigenvalue weighted by molar-refractivity contribution is -0.137. The summed E-state index contributed by atoms with van der Waals surface area (Å²) in [6, 6.07) is 9.39. The molecule has 2 rings (SSSR count). The van der Waals surface area contributed by atoms with Crippen LogP contribution in [0.25, 0.3) is 0 Å². The fourth-order valence-electron chi connectivity index (χ4n) is 1.85. The fourth-order valence-corrected chi connectivity index (χ4v) is 1.85. The molecule has 0 aliphatic carbocycles. The standard InChI is InChI=1S/C15H13F4NO/c1-21-13-7-2-4-10(14(13)16)9-20-12-6-3-5-11(8-12)15(17,18)19/h2-8,20H,9H2,1H3. The number of halogens is 4. The fraction of sp³-hybridized carbons (Fsp3) is 0.200. The molecule has 6 heteroatoms. The Kier molecular flexibility index (Phi) is 4.35. The molecule has 1 N–H and O–H groups in total. The van der Waals surface area contributed by atoms with Gasteiger partial charge < -0.3 is 10.1 Å². The minimum absolute atomic E-state index is 0.0599. The van der Waals surface area contributed by atoms with Crippen molar-refractivity contribution in [2.75, 3.05) is 12.4 Å². The van der Waals surface area contributed by atoms with Crippen LogP contribution in [0.2, 0.25) is 0 Å². The summed E-state index contributed by atoms with van der Waals surface area (Å²) in [7, 11) is 1.35. The maximum Gasteiger partial charge on any atom is 0.416 e. The normalized spacial score (nSPS) is 11.3. The van der Waals surface area contributed by atoms with E-state index in [4.69, 9.17) is 4.74 Å². The van der Waals surface area contributed by atoms with Crippen molar-refractivity contribution >= 4 is 5.69 Å². The highest BCUT2D eigenvalue weighted by Gasteiger charge is 2.30. The molecular weight excluding hydrogens is 286 g/mol. The maximum absolute atomic E-state index is 13.9. The molecule has 112 valence electrons. The predicted molar refractivity (Wildman–Crippen MR) is 71.7 cm³/mol. The molecule has 2 nitrogen and oxygen atoms in total. The maximum atomic E-state index is 13.9. The number of ether oxygens (including phenoxy) is 1. The second-order valence-electron chi connectivity index (χ2n) is 4.37. The average Bonchev–Trinajstić information content (AvgIpc) is 2.45. The van der Waals surface area contributed by atoms with Gasteiger partial charge in [-0.15, -0.1) is 0 Å². The van der Waals surface area contributed by atoms with Crippen LogP contribution in [0.5, 0.6) is 5.75 Å². The Bertz CT molecular complexity index is 625. The van der Waals surface area contributed by atoms with Gasteiger partial charge in [-0.3, -0.25) is 0 Å². The highest BCUT2D eigenvalue weighted by atomic mass is 19.4. The third-order valence-electron chi connectivity index (χ3n) is 2.94. The molecule has 0 bridgehead atoms. The lowest BCUT2D eigenvalue weighted by Crippen LogP contribution is -2.07. The molecule has 0 atom stereocenters. The first-order valence-corrected chi connectivity index (χ1v) is 6.14. The lowest BCUT2D eigenvalue weighted by Gasteiger charge is -2.12. The van der Waals surface area contributed by atoms with E-state index in [1.54, 1.807) is 12.1 Å². The van der Waals surface area contributed by atoms with Crippen molar-refractivity contribution < 1.29 is 22.3 Å². The Morgan fingerprint density at radius 1 is 1.10 bits per heavy atom. The summed E-state index contributed by atoms with van der Waals surface area (Å²) in [5.74, 6) is -0.433. The van der Waals surface area contributed by atoms with E-state index in [-0.39, 0.29) is 18.0 Å². The Hall–Kier alpha value is -2.24. The van der Waals surface area contributed by atoms with Crippen molar-refractivity contribution in [1.29, 1.82) is 0 Å². The summed E-state index contributed by atoms with van der Waals surface area (Å²) < 4.78 is 56.5. The SMILES string of the molecule is COc1cccc(CNc2cccc(C(F)(F)F)c2)c1F. The van der Waals surface area contributed by atoms with Crippen molar-refractivity contribution in [2.45, 2.75) is 12.7 Å². The minimum atomic E-state index is -4.40. The number of benzene rings is 2. The summed E-state index contributed by atoms with van der Waals surface area (Å²) in [6.07, 6.45) is -4.40. The zero-order chi connectivity index (χ0) is 15.5. The second-order valence-corrected chi connectivity index (χ2v) is 4.37. The van der Waals surface area contributed by atoms with E-state index >= 15 is 0 Å². The molecule has 0 unspecified atom stereocenters. The molecule has 0 saturated heterocycles. The molecule has 21 heavy (non-hydrogen) atoms. The zero-order valence-corrected chi connectivity index (χ0v) is 11.2. The largest absolute Gasteiger partial charge is 0.494 e. The van der Waals surface area contributed by atoms with Crippen LogP contribution in [0.4, 0.5) is 23.2 Å². The molecule has 0 saturated carbocycles. The van der Waals surface area contributed by atoms with Crippen molar-refractivity contribution in [3.63, 3.8) is 0 Å². The first-order valence-electron chi connectivity index (χ1n) is 6.14. The van der Waals surface area contributed by atoms with Crippen molar-refractivity contribution in [3.05, 3.63) is 59.4 Å². The summed E-state index contributed by atoms with van der Waals surface area (Å²) in [4.78, 5) is 0. The van der Waals surface area contributed by atoms with Gasteiger partial charge in [-0.2, -0.15) is 13.2 Å². The number of nitrogens with one attached hydrogen (secondary N) is 1. The molecule has 0 aliphatic rings. The Balaban J connectivity index is 2.14. The van der Waals surface area contributed by atoms with Gasteiger partial charge in [0, 0.05) is 17.8 Å². The number of rotatable bonds is 4. The van der Waals surface area contributed by atoms with E-state index in [1.165, 1.54) is 25.3 Å². The molecule has 0 amide bonds. The van der Waals surface area contributed by atoms with E-state index in [0.717, 1.165) is 12.1 Å². The van der Waals surface area contributed by atoms with Crippen LogP contribution in [0, 0.1) is 5.82 Å². The molecule has 2 aromatic carbocycles. The van der Waals surface area contributed by atoms with Crippen LogP contribution in [-0.4, -0.2) is 7.11 Å². The van der Waals surface area contributed by atoms with Gasteiger partial charge in [-0.1, -0.05) is 18.2 Å². The first-order chi connectivity index (χ1) is 9.91. The molecule has 0 heterocycles. The molecule has 2 aromatic rings. The molecular formula is C15H13F4NO. The van der Waals surface area contributed by atoms with Crippen LogP contribution >= 0.6 is 0 Å². The summed E-state index contributed by atoms with van der Waals surface area (Å²) in [6.45, 7) is 0.0599. The number of hydrogen-bond acceptors (Lipinski definition) is 2. The van der Waals surface area contributed by atoms with Gasteiger partial charge in [0.05, 0.1) is 12.7 Å². The van der Waals surface area contributed by atoms with Crippen molar-refractivity contribution in [2.24, 2.45) is 0 Å². The van der Waals surface area contributed by atoms with E-state index in [1.807, 2.05) is 0 Å². The molecule has 0 spiro atoms. The monoisotopic (exact) mass is 299 g/mol. The summed E-state index contributed by atoms with van der Waals surface area (Å²) >= 11 is 0. The third-order valence-corrected chi connectivity index (χ3v) is 2.94. The van der Waals surface area contributed by atoms with Crippen LogP contribution in [0.1, 0.15) is 11.1 Å². The van der Waals surface area contributed by atoms with E-state index < -0.39 is 17.6 Å². The van der Waals surface area contributed by atoms with Gasteiger partial charge >= 0.3 is 6.18 Å². The summed E-state index contributed by atoms with van der Waals surface area (Å²) in [5.41, 5.74) is -0.169. The zero-order valence-electron chi connectivity index (χ0n) is 11.2. The molecule has 0 aromatic heterocycles. The Labute approximate surface area is 119 Å². The molecule has 0 aliphatic heterocycles. The topological polar surface area (TPSA) is 21.3 Å². The average molecular weight is 299 g/mol. The van der Waals surface area contributed by atoms with Crippen LogP contribution in [-0.2, 0) is 12.7 Å². The first kappa shape index (κ1) is 15.2. The van der Waals surface area contributed by atoms with Crippen LogP contribution < -0.4 is 10.1 Å². The van der Waals surface area contributed by atoms with Gasteiger partial charge in [-0.25, -0.2) is 4.39 Å². The lowest BCUT2D eigenvalue weighted by atomic mass is 10.1. The molecule has 0 radical (unpaired) electrons. The van der Waals surface area contributed by atoms with E-state index in [2.05, 4.69) is 5.32 Å². The highest BCUT2D eigenvalue weighted by molar-refractivity contribution is 5.47. The predicted octanol–water partition coefficient (Wildman–Crippen LogP) is 4.47. The Morgan fingerprint density at radius 3 is 2.48 bits per heavy atom. The number of alkyl halides is 3. The highest BCUT2D eigenvalue weighted by Crippen LogP contribution is 2.31. The van der Waals surface area contributed by atoms with Crippen molar-refractivity contribution in [1.82, 2.24) is 0 Å². The van der Waals surface area contributed by atoms with Gasteiger partial charge in [0.1, 0.15) is 0 Å². The van der Waals surface area contributed by atoms with Crippen LogP contribution in [0.15, 0.2) is 42.5 Å². The van der Waals surface area contributed by atoms with E-state index in [9.17, 15) is 17.6 Å². The summed E-state index contributed by atoms with van der Waals surface area (Å²) in [5, 5.41) is 2.77. The third kappa shape index (κ3) is 3.65. The van der Waals surface area contributed by atoms with Crippen LogP contribution in [0.3, 0.4) is 0 Å². The van der Waals surface area contributed by atoms with Crippen molar-refractivity contribution in [3.8, 4) is 5.75 Å². The number of anilines is 1. The number of hydrogen-bond donors (Lipinski definition) is 1.